The maximum Gasteiger partial charge on any atom is 0.244 e. The van der Waals surface area contributed by atoms with E-state index < -0.39 is 15.6 Å². The molecule has 0 aromatic heterocycles. The number of nitrogens with zero attached hydrogens (tertiary/aromatic N) is 1. The zero-order chi connectivity index (χ0) is 14.3. The van der Waals surface area contributed by atoms with E-state index in [9.17, 15) is 13.5 Å². The molecule has 19 heavy (non-hydrogen) atoms. The number of halogens is 1. The van der Waals surface area contributed by atoms with Gasteiger partial charge in [0.15, 0.2) is 0 Å². The first kappa shape index (κ1) is 15.0. The van der Waals surface area contributed by atoms with E-state index in [1.165, 1.54) is 4.31 Å². The summed E-state index contributed by atoms with van der Waals surface area (Å²) in [6.07, 6.45) is 1.72. The van der Waals surface area contributed by atoms with Gasteiger partial charge in [-0.25, -0.2) is 8.42 Å². The van der Waals surface area contributed by atoms with E-state index in [4.69, 9.17) is 0 Å². The maximum absolute atomic E-state index is 12.7. The number of hydrogen-bond acceptors (Lipinski definition) is 3. The van der Waals surface area contributed by atoms with Crippen LogP contribution in [0.4, 0.5) is 0 Å². The van der Waals surface area contributed by atoms with Crippen molar-refractivity contribution in [2.24, 2.45) is 0 Å². The number of aliphatic hydroxyl groups is 1. The molecular formula is C13H18BrNO3S. The quantitative estimate of drug-likeness (QED) is 0.889. The first-order valence-corrected chi connectivity index (χ1v) is 8.44. The molecule has 1 fully saturated rings. The predicted octanol–water partition coefficient (Wildman–Crippen LogP) is 2.37. The second-order valence-electron chi connectivity index (χ2n) is 5.52. The van der Waals surface area contributed by atoms with Gasteiger partial charge in [0.05, 0.1) is 10.5 Å². The molecule has 1 aromatic rings. The van der Waals surface area contributed by atoms with Gasteiger partial charge in [0.2, 0.25) is 10.0 Å². The number of rotatable bonds is 5. The van der Waals surface area contributed by atoms with Crippen LogP contribution in [0, 0.1) is 0 Å². The average Bonchev–Trinajstić information content (AvgIpc) is 3.08. The van der Waals surface area contributed by atoms with Crippen LogP contribution in [0.2, 0.25) is 0 Å². The highest BCUT2D eigenvalue weighted by Crippen LogP contribution is 2.35. The van der Waals surface area contributed by atoms with E-state index >= 15 is 0 Å². The fraction of sp³-hybridized carbons (Fsp3) is 0.538. The molecule has 0 aliphatic heterocycles. The van der Waals surface area contributed by atoms with Gasteiger partial charge in [-0.05, 0) is 54.8 Å². The molecule has 1 saturated carbocycles. The third-order valence-electron chi connectivity index (χ3n) is 2.92. The van der Waals surface area contributed by atoms with E-state index in [0.29, 0.717) is 4.47 Å². The Morgan fingerprint density at radius 2 is 1.95 bits per heavy atom. The van der Waals surface area contributed by atoms with Crippen LogP contribution >= 0.6 is 15.9 Å². The molecule has 0 saturated heterocycles. The first-order valence-electron chi connectivity index (χ1n) is 6.20. The summed E-state index contributed by atoms with van der Waals surface area (Å²) in [7, 11) is -3.58. The lowest BCUT2D eigenvalue weighted by atomic mass is 10.1. The highest BCUT2D eigenvalue weighted by Gasteiger charge is 2.41. The standard InChI is InChI=1S/C13H18BrNO3S/c1-13(2,16)9-15(10-7-8-10)19(17,18)12-6-4-3-5-11(12)14/h3-6,10,16H,7-9H2,1-2H3. The van der Waals surface area contributed by atoms with Crippen molar-refractivity contribution in [1.29, 1.82) is 0 Å². The SMILES string of the molecule is CC(C)(O)CN(C1CC1)S(=O)(=O)c1ccccc1Br. The summed E-state index contributed by atoms with van der Waals surface area (Å²) in [5.74, 6) is 0. The number of benzene rings is 1. The van der Waals surface area contributed by atoms with Crippen molar-refractivity contribution in [1.82, 2.24) is 4.31 Å². The minimum atomic E-state index is -3.58. The zero-order valence-electron chi connectivity index (χ0n) is 11.0. The second-order valence-corrected chi connectivity index (χ2v) is 8.24. The third-order valence-corrected chi connectivity index (χ3v) is 5.83. The van der Waals surface area contributed by atoms with Crippen molar-refractivity contribution in [3.05, 3.63) is 28.7 Å². The third kappa shape index (κ3) is 3.56. The minimum absolute atomic E-state index is 0.0172. The first-order chi connectivity index (χ1) is 8.72. The van der Waals surface area contributed by atoms with Crippen LogP contribution in [0.1, 0.15) is 26.7 Å². The van der Waals surface area contributed by atoms with E-state index in [1.807, 2.05) is 0 Å². The molecule has 1 aromatic carbocycles. The van der Waals surface area contributed by atoms with E-state index in [-0.39, 0.29) is 17.5 Å². The molecule has 0 heterocycles. The molecule has 0 atom stereocenters. The van der Waals surface area contributed by atoms with E-state index in [0.717, 1.165) is 12.8 Å². The van der Waals surface area contributed by atoms with Crippen LogP contribution in [0.25, 0.3) is 0 Å². The summed E-state index contributed by atoms with van der Waals surface area (Å²) in [6.45, 7) is 3.36. The molecule has 1 aliphatic carbocycles. The Balaban J connectivity index is 2.38. The van der Waals surface area contributed by atoms with Gasteiger partial charge in [0, 0.05) is 17.1 Å². The van der Waals surface area contributed by atoms with Crippen LogP contribution in [0.3, 0.4) is 0 Å². The van der Waals surface area contributed by atoms with Gasteiger partial charge in [-0.1, -0.05) is 12.1 Å². The minimum Gasteiger partial charge on any atom is -0.389 e. The van der Waals surface area contributed by atoms with Crippen LogP contribution in [0.15, 0.2) is 33.6 Å². The van der Waals surface area contributed by atoms with E-state index in [2.05, 4.69) is 15.9 Å². The summed E-state index contributed by atoms with van der Waals surface area (Å²) < 4.78 is 27.4. The number of hydrogen-bond donors (Lipinski definition) is 1. The zero-order valence-corrected chi connectivity index (χ0v) is 13.4. The fourth-order valence-corrected chi connectivity index (χ4v) is 4.74. The smallest absolute Gasteiger partial charge is 0.244 e. The molecule has 0 spiro atoms. The Morgan fingerprint density at radius 1 is 1.37 bits per heavy atom. The second kappa shape index (κ2) is 5.16. The lowest BCUT2D eigenvalue weighted by Crippen LogP contribution is -2.43. The molecule has 0 amide bonds. The van der Waals surface area contributed by atoms with Crippen molar-refractivity contribution < 1.29 is 13.5 Å². The number of sulfonamides is 1. The van der Waals surface area contributed by atoms with Gasteiger partial charge >= 0.3 is 0 Å². The van der Waals surface area contributed by atoms with Gasteiger partial charge in [0.1, 0.15) is 0 Å². The summed E-state index contributed by atoms with van der Waals surface area (Å²) in [6, 6.07) is 6.79. The lowest BCUT2D eigenvalue weighted by molar-refractivity contribution is 0.0575. The van der Waals surface area contributed by atoms with Crippen LogP contribution in [0.5, 0.6) is 0 Å². The van der Waals surface area contributed by atoms with E-state index in [1.54, 1.807) is 38.1 Å². The molecule has 1 N–H and O–H groups in total. The topological polar surface area (TPSA) is 57.6 Å². The predicted molar refractivity (Wildman–Crippen MR) is 77.4 cm³/mol. The molecule has 4 nitrogen and oxygen atoms in total. The van der Waals surface area contributed by atoms with Crippen molar-refractivity contribution >= 4 is 26.0 Å². The molecule has 0 radical (unpaired) electrons. The highest BCUT2D eigenvalue weighted by molar-refractivity contribution is 9.10. The Kier molecular flexibility index (Phi) is 4.07. The molecule has 2 rings (SSSR count). The molecular weight excluding hydrogens is 330 g/mol. The van der Waals surface area contributed by atoms with Crippen molar-refractivity contribution in [2.45, 2.75) is 43.2 Å². The van der Waals surface area contributed by atoms with Gasteiger partial charge in [0.25, 0.3) is 0 Å². The monoisotopic (exact) mass is 347 g/mol. The molecule has 0 bridgehead atoms. The lowest BCUT2D eigenvalue weighted by Gasteiger charge is -2.28. The summed E-state index contributed by atoms with van der Waals surface area (Å²) in [4.78, 5) is 0.256. The van der Waals surface area contributed by atoms with Gasteiger partial charge in [-0.3, -0.25) is 0 Å². The normalized spacial score (nSPS) is 16.9. The molecule has 6 heteroatoms. The summed E-state index contributed by atoms with van der Waals surface area (Å²) >= 11 is 3.28. The average molecular weight is 348 g/mol. The van der Waals surface area contributed by atoms with Crippen LogP contribution in [-0.2, 0) is 10.0 Å². The highest BCUT2D eigenvalue weighted by atomic mass is 79.9. The van der Waals surface area contributed by atoms with Crippen molar-refractivity contribution in [2.75, 3.05) is 6.54 Å². The largest absolute Gasteiger partial charge is 0.389 e. The Hall–Kier alpha value is -0.430. The Bertz CT molecular complexity index is 561. The summed E-state index contributed by atoms with van der Waals surface area (Å²) in [5, 5.41) is 9.93. The maximum atomic E-state index is 12.7. The molecule has 106 valence electrons. The summed E-state index contributed by atoms with van der Waals surface area (Å²) in [5.41, 5.74) is -1.04. The van der Waals surface area contributed by atoms with Gasteiger partial charge < -0.3 is 5.11 Å². The molecule has 1 aliphatic rings. The van der Waals surface area contributed by atoms with Crippen molar-refractivity contribution in [3.63, 3.8) is 0 Å². The van der Waals surface area contributed by atoms with Crippen LogP contribution in [-0.4, -0.2) is 36.0 Å². The van der Waals surface area contributed by atoms with Gasteiger partial charge in [-0.2, -0.15) is 4.31 Å². The van der Waals surface area contributed by atoms with Crippen molar-refractivity contribution in [3.8, 4) is 0 Å². The van der Waals surface area contributed by atoms with Gasteiger partial charge in [-0.15, -0.1) is 0 Å². The Labute approximate surface area is 122 Å². The molecule has 0 unspecified atom stereocenters. The Morgan fingerprint density at radius 3 is 2.42 bits per heavy atom. The fourth-order valence-electron chi connectivity index (χ4n) is 1.93. The van der Waals surface area contributed by atoms with Crippen LogP contribution < -0.4 is 0 Å².